The molecule has 0 aliphatic carbocycles. The number of nitrogens with one attached hydrogen (secondary N) is 1. The summed E-state index contributed by atoms with van der Waals surface area (Å²) in [5.74, 6) is 2.65. The van der Waals surface area contributed by atoms with E-state index < -0.39 is 0 Å². The predicted octanol–water partition coefficient (Wildman–Crippen LogP) is 3.88. The maximum atomic E-state index is 5.72. The number of hydrogen-bond acceptors (Lipinski definition) is 4. The Labute approximate surface area is 159 Å². The molecule has 5 rings (SSSR count). The number of anilines is 1. The summed E-state index contributed by atoms with van der Waals surface area (Å²) < 4.78 is 14.5. The lowest BCUT2D eigenvalue weighted by molar-refractivity contribution is 0.171. The van der Waals surface area contributed by atoms with Gasteiger partial charge in [0.2, 0.25) is 0 Å². The molecule has 5 nitrogen and oxygen atoms in total. The van der Waals surface area contributed by atoms with E-state index in [4.69, 9.17) is 14.6 Å². The third-order valence-corrected chi connectivity index (χ3v) is 5.19. The van der Waals surface area contributed by atoms with Gasteiger partial charge in [0, 0.05) is 27.3 Å². The maximum absolute atomic E-state index is 5.72. The molecule has 2 aromatic carbocycles. The molecule has 0 atom stereocenters. The Kier molecular flexibility index (Phi) is 3.58. The van der Waals surface area contributed by atoms with Crippen molar-refractivity contribution in [3.63, 3.8) is 0 Å². The third-order valence-electron chi connectivity index (χ3n) is 4.52. The van der Waals surface area contributed by atoms with Crippen LogP contribution in [0.3, 0.4) is 0 Å². The predicted molar refractivity (Wildman–Crippen MR) is 105 cm³/mol. The maximum Gasteiger partial charge on any atom is 0.163 e. The molecule has 6 heteroatoms. The van der Waals surface area contributed by atoms with Crippen LogP contribution in [0.4, 0.5) is 5.82 Å². The molecule has 0 fully saturated rings. The zero-order valence-electron chi connectivity index (χ0n) is 13.5. The number of ether oxygens (including phenoxy) is 2. The third kappa shape index (κ3) is 2.55. The smallest absolute Gasteiger partial charge is 0.163 e. The van der Waals surface area contributed by atoms with Gasteiger partial charge in [-0.1, -0.05) is 12.1 Å². The summed E-state index contributed by atoms with van der Waals surface area (Å²) in [6, 6.07) is 14.5. The second-order valence-corrected chi connectivity index (χ2v) is 7.35. The van der Waals surface area contributed by atoms with Crippen molar-refractivity contribution in [1.82, 2.24) is 9.78 Å². The molecular formula is C19H16IN3O2. The van der Waals surface area contributed by atoms with Gasteiger partial charge in [0.05, 0.1) is 11.4 Å². The van der Waals surface area contributed by atoms with E-state index in [2.05, 4.69) is 52.2 Å². The van der Waals surface area contributed by atoms with E-state index in [0.717, 1.165) is 47.2 Å². The van der Waals surface area contributed by atoms with E-state index >= 15 is 0 Å². The first-order chi connectivity index (χ1) is 12.3. The fraction of sp³-hybridized carbons (Fsp3) is 0.211. The van der Waals surface area contributed by atoms with Crippen LogP contribution in [-0.2, 0) is 6.42 Å². The highest BCUT2D eigenvalue weighted by molar-refractivity contribution is 14.1. The molecule has 0 saturated carbocycles. The van der Waals surface area contributed by atoms with Crippen LogP contribution in [0.25, 0.3) is 16.9 Å². The van der Waals surface area contributed by atoms with Crippen LogP contribution in [-0.4, -0.2) is 29.5 Å². The fourth-order valence-corrected chi connectivity index (χ4v) is 3.94. The monoisotopic (exact) mass is 445 g/mol. The lowest BCUT2D eigenvalue weighted by Gasteiger charge is -2.19. The lowest BCUT2D eigenvalue weighted by Crippen LogP contribution is -2.15. The number of halogens is 1. The number of fused-ring (bicyclic) bond motifs is 2. The Hall–Kier alpha value is -2.22. The molecule has 2 aliphatic rings. The number of benzene rings is 2. The van der Waals surface area contributed by atoms with Crippen molar-refractivity contribution in [2.24, 2.45) is 0 Å². The average molecular weight is 445 g/mol. The number of aromatic nitrogens is 2. The van der Waals surface area contributed by atoms with Gasteiger partial charge in [0.15, 0.2) is 11.5 Å². The second-order valence-electron chi connectivity index (χ2n) is 6.10. The second kappa shape index (κ2) is 5.94. The minimum absolute atomic E-state index is 0.583. The van der Waals surface area contributed by atoms with Gasteiger partial charge in [-0.3, -0.25) is 0 Å². The molecule has 0 unspecified atom stereocenters. The molecule has 3 heterocycles. The summed E-state index contributed by atoms with van der Waals surface area (Å²) in [7, 11) is 0. The molecule has 0 radical (unpaired) electrons. The van der Waals surface area contributed by atoms with Gasteiger partial charge in [-0.15, -0.1) is 0 Å². The van der Waals surface area contributed by atoms with Gasteiger partial charge in [0.1, 0.15) is 19.0 Å². The van der Waals surface area contributed by atoms with Gasteiger partial charge in [-0.25, -0.2) is 4.68 Å². The first-order valence-electron chi connectivity index (χ1n) is 8.31. The highest BCUT2D eigenvalue weighted by Crippen LogP contribution is 2.37. The summed E-state index contributed by atoms with van der Waals surface area (Å²) in [6.07, 6.45) is 0.987. The van der Waals surface area contributed by atoms with Gasteiger partial charge in [-0.2, -0.15) is 5.10 Å². The molecule has 0 amide bonds. The van der Waals surface area contributed by atoms with E-state index in [1.165, 1.54) is 9.13 Å². The Morgan fingerprint density at radius 3 is 2.80 bits per heavy atom. The lowest BCUT2D eigenvalue weighted by atomic mass is 10.1. The first-order valence-corrected chi connectivity index (χ1v) is 9.39. The quantitative estimate of drug-likeness (QED) is 0.609. The molecule has 0 saturated heterocycles. The first kappa shape index (κ1) is 15.1. The van der Waals surface area contributed by atoms with Crippen molar-refractivity contribution in [1.29, 1.82) is 0 Å². The van der Waals surface area contributed by atoms with Crippen molar-refractivity contribution < 1.29 is 9.47 Å². The van der Waals surface area contributed by atoms with Gasteiger partial charge in [0.25, 0.3) is 0 Å². The van der Waals surface area contributed by atoms with Gasteiger partial charge < -0.3 is 14.8 Å². The Morgan fingerprint density at radius 1 is 1.04 bits per heavy atom. The molecule has 1 N–H and O–H groups in total. The van der Waals surface area contributed by atoms with Crippen molar-refractivity contribution in [3.05, 3.63) is 51.6 Å². The van der Waals surface area contributed by atoms with E-state index in [0.29, 0.717) is 13.2 Å². The van der Waals surface area contributed by atoms with E-state index in [1.807, 2.05) is 22.9 Å². The summed E-state index contributed by atoms with van der Waals surface area (Å²) >= 11 is 2.34. The summed E-state index contributed by atoms with van der Waals surface area (Å²) in [5, 5.41) is 8.40. The van der Waals surface area contributed by atoms with E-state index in [1.54, 1.807) is 0 Å². The fourth-order valence-electron chi connectivity index (χ4n) is 3.39. The topological polar surface area (TPSA) is 48.3 Å². The average Bonchev–Trinajstić information content (AvgIpc) is 3.24. The number of rotatable bonds is 2. The van der Waals surface area contributed by atoms with Crippen LogP contribution >= 0.6 is 22.6 Å². The normalized spacial score (nSPS) is 14.9. The largest absolute Gasteiger partial charge is 0.486 e. The SMILES string of the molecule is Ic1cccc(-c2nn(-c3ccc4c(c3)OCCO4)c3c2CCN3)c1. The Balaban J connectivity index is 1.64. The molecule has 3 aromatic rings. The zero-order valence-corrected chi connectivity index (χ0v) is 15.6. The van der Waals surface area contributed by atoms with Crippen molar-refractivity contribution in [2.45, 2.75) is 6.42 Å². The van der Waals surface area contributed by atoms with Crippen LogP contribution in [0.1, 0.15) is 5.56 Å². The van der Waals surface area contributed by atoms with Crippen LogP contribution in [0.15, 0.2) is 42.5 Å². The Morgan fingerprint density at radius 2 is 1.92 bits per heavy atom. The minimum atomic E-state index is 0.583. The molecular weight excluding hydrogens is 429 g/mol. The molecule has 0 spiro atoms. The molecule has 2 aliphatic heterocycles. The molecule has 25 heavy (non-hydrogen) atoms. The molecule has 1 aromatic heterocycles. The summed E-state index contributed by atoms with van der Waals surface area (Å²) in [5.41, 5.74) is 4.46. The van der Waals surface area contributed by atoms with Crippen LogP contribution in [0, 0.1) is 3.57 Å². The Bertz CT molecular complexity index is 967. The number of nitrogens with zero attached hydrogens (tertiary/aromatic N) is 2. The van der Waals surface area contributed by atoms with Gasteiger partial charge >= 0.3 is 0 Å². The highest BCUT2D eigenvalue weighted by Gasteiger charge is 2.24. The van der Waals surface area contributed by atoms with Gasteiger partial charge in [-0.05, 0) is 53.3 Å². The van der Waals surface area contributed by atoms with Crippen LogP contribution in [0.2, 0.25) is 0 Å². The molecule has 0 bridgehead atoms. The van der Waals surface area contributed by atoms with Crippen molar-refractivity contribution in [2.75, 3.05) is 25.1 Å². The summed E-state index contributed by atoms with van der Waals surface area (Å²) in [6.45, 7) is 2.12. The summed E-state index contributed by atoms with van der Waals surface area (Å²) in [4.78, 5) is 0. The van der Waals surface area contributed by atoms with Crippen LogP contribution in [0.5, 0.6) is 11.5 Å². The molecule has 126 valence electrons. The van der Waals surface area contributed by atoms with Crippen LogP contribution < -0.4 is 14.8 Å². The van der Waals surface area contributed by atoms with E-state index in [-0.39, 0.29) is 0 Å². The van der Waals surface area contributed by atoms with Crippen molar-refractivity contribution >= 4 is 28.4 Å². The highest BCUT2D eigenvalue weighted by atomic mass is 127. The van der Waals surface area contributed by atoms with Crippen molar-refractivity contribution in [3.8, 4) is 28.4 Å². The zero-order chi connectivity index (χ0) is 16.8. The minimum Gasteiger partial charge on any atom is -0.486 e. The standard InChI is InChI=1S/C19H16IN3O2/c20-13-3-1-2-12(10-13)18-15-6-7-21-19(15)23(22-18)14-4-5-16-17(11-14)25-9-8-24-16/h1-5,10-11,21H,6-9H2. The van der Waals surface area contributed by atoms with E-state index in [9.17, 15) is 0 Å². The number of hydrogen-bond donors (Lipinski definition) is 1.